The molecule has 2 N–H and O–H groups in total. The van der Waals surface area contributed by atoms with Crippen molar-refractivity contribution in [1.29, 1.82) is 0 Å². The highest BCUT2D eigenvalue weighted by molar-refractivity contribution is 5.95. The zero-order chi connectivity index (χ0) is 20.0. The average Bonchev–Trinajstić information content (AvgIpc) is 2.89. The highest BCUT2D eigenvalue weighted by Crippen LogP contribution is 2.15. The monoisotopic (exact) mass is 384 g/mol. The molecule has 146 valence electrons. The molecule has 0 saturated carbocycles. The van der Waals surface area contributed by atoms with Gasteiger partial charge in [-0.25, -0.2) is 0 Å². The van der Waals surface area contributed by atoms with Crippen LogP contribution in [-0.2, 0) is 22.7 Å². The second kappa shape index (κ2) is 8.67. The number of rotatable bonds is 6. The number of nitrogens with one attached hydrogen (secondary N) is 2. The van der Waals surface area contributed by atoms with E-state index in [4.69, 9.17) is 0 Å². The lowest BCUT2D eigenvalue weighted by Crippen LogP contribution is -2.43. The molecule has 2 aromatic rings. The molecule has 0 aliphatic heterocycles. The SMILES string of the molecule is Cc1cc(C)n(CC(=O)NNC(=O)c2ccc(COCC(F)(F)F)cc2)n1. The zero-order valence-electron chi connectivity index (χ0n) is 14.8. The summed E-state index contributed by atoms with van der Waals surface area (Å²) in [5.41, 5.74) is 6.88. The number of carbonyl (C=O) groups is 2. The van der Waals surface area contributed by atoms with Crippen LogP contribution in [-0.4, -0.2) is 34.4 Å². The maximum atomic E-state index is 12.0. The standard InChI is InChI=1S/C17H19F3N4O3/c1-11-7-12(2)24(23-11)8-15(25)21-22-16(26)14-5-3-13(4-6-14)9-27-10-17(18,19)20/h3-7H,8-10H2,1-2H3,(H,21,25)(H,22,26). The molecule has 1 heterocycles. The van der Waals surface area contributed by atoms with Gasteiger partial charge in [0.25, 0.3) is 11.8 Å². The van der Waals surface area contributed by atoms with Crippen LogP contribution < -0.4 is 10.9 Å². The predicted octanol–water partition coefficient (Wildman–Crippen LogP) is 2.04. The summed E-state index contributed by atoms with van der Waals surface area (Å²) < 4.78 is 42.1. The summed E-state index contributed by atoms with van der Waals surface area (Å²) in [7, 11) is 0. The first kappa shape index (κ1) is 20.4. The van der Waals surface area contributed by atoms with Gasteiger partial charge >= 0.3 is 6.18 Å². The van der Waals surface area contributed by atoms with Gasteiger partial charge in [-0.2, -0.15) is 18.3 Å². The number of aromatic nitrogens is 2. The molecule has 0 aliphatic carbocycles. The molecule has 10 heteroatoms. The third kappa shape index (κ3) is 6.74. The molecule has 0 radical (unpaired) electrons. The van der Waals surface area contributed by atoms with E-state index in [0.717, 1.165) is 11.4 Å². The number of aryl methyl sites for hydroxylation is 2. The van der Waals surface area contributed by atoms with E-state index in [2.05, 4.69) is 20.7 Å². The fourth-order valence-electron chi connectivity index (χ4n) is 2.25. The lowest BCUT2D eigenvalue weighted by Gasteiger charge is -2.10. The summed E-state index contributed by atoms with van der Waals surface area (Å²) in [4.78, 5) is 23.9. The molecule has 0 spiro atoms. The number of hydrogen-bond donors (Lipinski definition) is 2. The maximum absolute atomic E-state index is 12.0. The Morgan fingerprint density at radius 1 is 1.15 bits per heavy atom. The Kier molecular flexibility index (Phi) is 6.56. The van der Waals surface area contributed by atoms with Crippen molar-refractivity contribution in [2.45, 2.75) is 33.2 Å². The highest BCUT2D eigenvalue weighted by Gasteiger charge is 2.27. The lowest BCUT2D eigenvalue weighted by molar-refractivity contribution is -0.176. The van der Waals surface area contributed by atoms with Crippen molar-refractivity contribution in [2.75, 3.05) is 6.61 Å². The molecule has 0 saturated heterocycles. The van der Waals surface area contributed by atoms with Crippen molar-refractivity contribution >= 4 is 11.8 Å². The van der Waals surface area contributed by atoms with Crippen molar-refractivity contribution in [3.05, 3.63) is 52.8 Å². The fraction of sp³-hybridized carbons (Fsp3) is 0.353. The third-order valence-electron chi connectivity index (χ3n) is 3.46. The number of benzene rings is 1. The van der Waals surface area contributed by atoms with Gasteiger partial charge in [0.2, 0.25) is 0 Å². The highest BCUT2D eigenvalue weighted by atomic mass is 19.4. The first-order valence-corrected chi connectivity index (χ1v) is 7.98. The Balaban J connectivity index is 1.80. The van der Waals surface area contributed by atoms with Crippen LogP contribution in [0.5, 0.6) is 0 Å². The summed E-state index contributed by atoms with van der Waals surface area (Å²) in [6.45, 7) is 2.01. The van der Waals surface area contributed by atoms with Crippen LogP contribution in [0.25, 0.3) is 0 Å². The molecule has 0 unspecified atom stereocenters. The second-order valence-corrected chi connectivity index (χ2v) is 5.89. The number of halogens is 3. The normalized spacial score (nSPS) is 11.3. The number of amides is 2. The minimum atomic E-state index is -4.38. The Hall–Kier alpha value is -2.88. The first-order chi connectivity index (χ1) is 12.6. The van der Waals surface area contributed by atoms with E-state index in [9.17, 15) is 22.8 Å². The molecule has 0 bridgehead atoms. The van der Waals surface area contributed by atoms with E-state index in [0.29, 0.717) is 5.56 Å². The second-order valence-electron chi connectivity index (χ2n) is 5.89. The quantitative estimate of drug-likeness (QED) is 0.747. The van der Waals surface area contributed by atoms with Crippen LogP contribution >= 0.6 is 0 Å². The molecule has 1 aromatic carbocycles. The number of carbonyl (C=O) groups excluding carboxylic acids is 2. The summed E-state index contributed by atoms with van der Waals surface area (Å²) in [5, 5.41) is 4.15. The van der Waals surface area contributed by atoms with Gasteiger partial charge in [-0.15, -0.1) is 0 Å². The largest absolute Gasteiger partial charge is 0.411 e. The number of ether oxygens (including phenoxy) is 1. The Labute approximate surface area is 153 Å². The summed E-state index contributed by atoms with van der Waals surface area (Å²) >= 11 is 0. The van der Waals surface area contributed by atoms with Gasteiger partial charge in [0.1, 0.15) is 13.2 Å². The van der Waals surface area contributed by atoms with Crippen LogP contribution in [0.15, 0.2) is 30.3 Å². The summed E-state index contributed by atoms with van der Waals surface area (Å²) in [5.74, 6) is -1.01. The smallest absolute Gasteiger partial charge is 0.367 e. The topological polar surface area (TPSA) is 85.2 Å². The van der Waals surface area contributed by atoms with Crippen LogP contribution in [0.2, 0.25) is 0 Å². The molecule has 2 amide bonds. The number of alkyl halides is 3. The zero-order valence-corrected chi connectivity index (χ0v) is 14.8. The van der Waals surface area contributed by atoms with Crippen molar-refractivity contribution in [3.8, 4) is 0 Å². The third-order valence-corrected chi connectivity index (χ3v) is 3.46. The Morgan fingerprint density at radius 2 is 1.81 bits per heavy atom. The van der Waals surface area contributed by atoms with Gasteiger partial charge in [0.05, 0.1) is 12.3 Å². The predicted molar refractivity (Wildman–Crippen MR) is 89.5 cm³/mol. The van der Waals surface area contributed by atoms with Gasteiger partial charge in [-0.3, -0.25) is 25.1 Å². The van der Waals surface area contributed by atoms with Gasteiger partial charge in [0.15, 0.2) is 0 Å². The molecule has 27 heavy (non-hydrogen) atoms. The fourth-order valence-corrected chi connectivity index (χ4v) is 2.25. The molecule has 1 aromatic heterocycles. The summed E-state index contributed by atoms with van der Waals surface area (Å²) in [6.07, 6.45) is -4.38. The molecule has 2 rings (SSSR count). The summed E-state index contributed by atoms with van der Waals surface area (Å²) in [6, 6.07) is 7.63. The minimum absolute atomic E-state index is 0.0462. The molecule has 0 aliphatic rings. The van der Waals surface area contributed by atoms with Crippen LogP contribution in [0.3, 0.4) is 0 Å². The first-order valence-electron chi connectivity index (χ1n) is 7.98. The van der Waals surface area contributed by atoms with E-state index < -0.39 is 24.6 Å². The molecular weight excluding hydrogens is 365 g/mol. The van der Waals surface area contributed by atoms with Gasteiger partial charge < -0.3 is 4.74 Å². The van der Waals surface area contributed by atoms with Crippen molar-refractivity contribution in [2.24, 2.45) is 0 Å². The number of hydrogen-bond acceptors (Lipinski definition) is 4. The van der Waals surface area contributed by atoms with Crippen LogP contribution in [0.4, 0.5) is 13.2 Å². The molecule has 7 nitrogen and oxygen atoms in total. The van der Waals surface area contributed by atoms with Gasteiger partial charge in [-0.05, 0) is 37.6 Å². The Morgan fingerprint density at radius 3 is 2.37 bits per heavy atom. The van der Waals surface area contributed by atoms with E-state index in [1.165, 1.54) is 28.9 Å². The van der Waals surface area contributed by atoms with E-state index in [1.807, 2.05) is 13.0 Å². The number of hydrazine groups is 1. The van der Waals surface area contributed by atoms with E-state index in [-0.39, 0.29) is 18.7 Å². The maximum Gasteiger partial charge on any atom is 0.411 e. The average molecular weight is 384 g/mol. The molecular formula is C17H19F3N4O3. The van der Waals surface area contributed by atoms with Crippen LogP contribution in [0, 0.1) is 13.8 Å². The van der Waals surface area contributed by atoms with Crippen LogP contribution in [0.1, 0.15) is 27.3 Å². The van der Waals surface area contributed by atoms with Crippen molar-refractivity contribution < 1.29 is 27.5 Å². The molecule has 0 atom stereocenters. The van der Waals surface area contributed by atoms with Gasteiger partial charge in [-0.1, -0.05) is 12.1 Å². The minimum Gasteiger partial charge on any atom is -0.367 e. The number of nitrogens with zero attached hydrogens (tertiary/aromatic N) is 2. The van der Waals surface area contributed by atoms with E-state index in [1.54, 1.807) is 6.92 Å². The van der Waals surface area contributed by atoms with Gasteiger partial charge in [0, 0.05) is 11.3 Å². The lowest BCUT2D eigenvalue weighted by atomic mass is 10.1. The van der Waals surface area contributed by atoms with Crippen molar-refractivity contribution in [1.82, 2.24) is 20.6 Å². The Bertz CT molecular complexity index is 801. The van der Waals surface area contributed by atoms with E-state index >= 15 is 0 Å². The van der Waals surface area contributed by atoms with Crippen molar-refractivity contribution in [3.63, 3.8) is 0 Å². The molecule has 0 fully saturated rings.